The SMILES string of the molecule is CS(=O)(=O)Nc1ccc2c(c1)C(=O)C1(CCNCC1)C2. The Morgan fingerprint density at radius 2 is 1.95 bits per heavy atom. The molecule has 0 atom stereocenters. The van der Waals surface area contributed by atoms with Crippen molar-refractivity contribution in [2.75, 3.05) is 24.1 Å². The quantitative estimate of drug-likeness (QED) is 0.858. The van der Waals surface area contributed by atoms with Crippen molar-refractivity contribution in [1.29, 1.82) is 0 Å². The van der Waals surface area contributed by atoms with Gasteiger partial charge < -0.3 is 5.32 Å². The number of benzene rings is 1. The Balaban J connectivity index is 1.94. The molecule has 0 unspecified atom stereocenters. The highest BCUT2D eigenvalue weighted by Crippen LogP contribution is 2.43. The first-order valence-corrected chi connectivity index (χ1v) is 8.65. The molecule has 0 radical (unpaired) electrons. The number of hydrogen-bond acceptors (Lipinski definition) is 4. The van der Waals surface area contributed by atoms with Crippen LogP contribution in [0.1, 0.15) is 28.8 Å². The van der Waals surface area contributed by atoms with Crippen molar-refractivity contribution in [2.24, 2.45) is 5.41 Å². The summed E-state index contributed by atoms with van der Waals surface area (Å²) in [6.07, 6.45) is 3.60. The fourth-order valence-corrected chi connectivity index (χ4v) is 3.81. The van der Waals surface area contributed by atoms with Crippen molar-refractivity contribution < 1.29 is 13.2 Å². The van der Waals surface area contributed by atoms with E-state index in [1.54, 1.807) is 12.1 Å². The van der Waals surface area contributed by atoms with Crippen molar-refractivity contribution >= 4 is 21.5 Å². The van der Waals surface area contributed by atoms with Crippen LogP contribution in [0.4, 0.5) is 5.69 Å². The topological polar surface area (TPSA) is 75.3 Å². The molecule has 108 valence electrons. The van der Waals surface area contributed by atoms with Crippen LogP contribution in [0.15, 0.2) is 18.2 Å². The standard InChI is InChI=1S/C14H18N2O3S/c1-20(18,19)16-11-3-2-10-9-14(4-6-15-7-5-14)13(17)12(10)8-11/h2-3,8,15-16H,4-7,9H2,1H3. The molecule has 3 rings (SSSR count). The Morgan fingerprint density at radius 3 is 2.60 bits per heavy atom. The summed E-state index contributed by atoms with van der Waals surface area (Å²) >= 11 is 0. The number of piperidine rings is 1. The van der Waals surface area contributed by atoms with Gasteiger partial charge in [0.15, 0.2) is 5.78 Å². The fourth-order valence-electron chi connectivity index (χ4n) is 3.26. The van der Waals surface area contributed by atoms with E-state index in [9.17, 15) is 13.2 Å². The van der Waals surface area contributed by atoms with Gasteiger partial charge in [-0.15, -0.1) is 0 Å². The molecule has 6 heteroatoms. The Morgan fingerprint density at radius 1 is 1.25 bits per heavy atom. The molecule has 1 saturated heterocycles. The van der Waals surface area contributed by atoms with Gasteiger partial charge in [-0.05, 0) is 50.0 Å². The lowest BCUT2D eigenvalue weighted by Gasteiger charge is -2.31. The zero-order valence-corrected chi connectivity index (χ0v) is 12.2. The van der Waals surface area contributed by atoms with Crippen molar-refractivity contribution in [3.8, 4) is 0 Å². The van der Waals surface area contributed by atoms with E-state index in [4.69, 9.17) is 0 Å². The number of Topliss-reactive ketones (excluding diaryl/α,β-unsaturated/α-hetero) is 1. The third-order valence-electron chi connectivity index (χ3n) is 4.23. The summed E-state index contributed by atoms with van der Waals surface area (Å²) in [5.41, 5.74) is 1.92. The van der Waals surface area contributed by atoms with Gasteiger partial charge >= 0.3 is 0 Å². The summed E-state index contributed by atoms with van der Waals surface area (Å²) in [5, 5.41) is 3.28. The first-order chi connectivity index (χ1) is 9.40. The number of carbonyl (C=O) groups excluding carboxylic acids is 1. The number of hydrogen-bond donors (Lipinski definition) is 2. The van der Waals surface area contributed by atoms with E-state index in [0.717, 1.165) is 44.2 Å². The molecule has 1 aliphatic heterocycles. The Labute approximate surface area is 118 Å². The van der Waals surface area contributed by atoms with Crippen molar-refractivity contribution in [1.82, 2.24) is 5.32 Å². The van der Waals surface area contributed by atoms with Crippen LogP contribution >= 0.6 is 0 Å². The van der Waals surface area contributed by atoms with Crippen molar-refractivity contribution in [3.63, 3.8) is 0 Å². The van der Waals surface area contributed by atoms with Crippen LogP contribution in [0.2, 0.25) is 0 Å². The summed E-state index contributed by atoms with van der Waals surface area (Å²) in [4.78, 5) is 12.7. The number of ketones is 1. The van der Waals surface area contributed by atoms with E-state index in [0.29, 0.717) is 11.3 Å². The van der Waals surface area contributed by atoms with Gasteiger partial charge in [-0.1, -0.05) is 6.07 Å². The van der Waals surface area contributed by atoms with E-state index in [-0.39, 0.29) is 11.2 Å². The van der Waals surface area contributed by atoms with Crippen molar-refractivity contribution in [3.05, 3.63) is 29.3 Å². The molecule has 1 aliphatic carbocycles. The van der Waals surface area contributed by atoms with Crippen LogP contribution in [0.5, 0.6) is 0 Å². The molecule has 2 aliphatic rings. The van der Waals surface area contributed by atoms with Gasteiger partial charge in [0.05, 0.1) is 6.26 Å². The molecule has 0 amide bonds. The lowest BCUT2D eigenvalue weighted by Crippen LogP contribution is -2.40. The number of nitrogens with one attached hydrogen (secondary N) is 2. The van der Waals surface area contributed by atoms with E-state index >= 15 is 0 Å². The van der Waals surface area contributed by atoms with Gasteiger partial charge in [0, 0.05) is 16.7 Å². The number of sulfonamides is 1. The summed E-state index contributed by atoms with van der Waals surface area (Å²) in [6.45, 7) is 1.74. The van der Waals surface area contributed by atoms with Crippen LogP contribution in [-0.2, 0) is 16.4 Å². The number of rotatable bonds is 2. The maximum absolute atomic E-state index is 12.7. The molecule has 0 bridgehead atoms. The summed E-state index contributed by atoms with van der Waals surface area (Å²) in [5.74, 6) is 0.172. The molecule has 1 aromatic carbocycles. The molecule has 1 fully saturated rings. The number of fused-ring (bicyclic) bond motifs is 1. The van der Waals surface area contributed by atoms with Crippen LogP contribution in [0, 0.1) is 5.41 Å². The van der Waals surface area contributed by atoms with Crippen LogP contribution in [-0.4, -0.2) is 33.5 Å². The molecule has 5 nitrogen and oxygen atoms in total. The number of anilines is 1. The van der Waals surface area contributed by atoms with Crippen LogP contribution in [0.25, 0.3) is 0 Å². The minimum absolute atomic E-state index is 0.172. The van der Waals surface area contributed by atoms with E-state index < -0.39 is 10.0 Å². The summed E-state index contributed by atoms with van der Waals surface area (Å²) in [7, 11) is -3.32. The van der Waals surface area contributed by atoms with Crippen LogP contribution < -0.4 is 10.0 Å². The Bertz CT molecular complexity index is 661. The summed E-state index contributed by atoms with van der Waals surface area (Å²) < 4.78 is 25.0. The zero-order valence-electron chi connectivity index (χ0n) is 11.4. The largest absolute Gasteiger partial charge is 0.317 e. The third kappa shape index (κ3) is 2.33. The molecular formula is C14H18N2O3S. The second-order valence-corrected chi connectivity index (χ2v) is 7.53. The predicted molar refractivity (Wildman–Crippen MR) is 77.5 cm³/mol. The van der Waals surface area contributed by atoms with Gasteiger partial charge in [0.1, 0.15) is 0 Å². The maximum atomic E-state index is 12.7. The number of carbonyl (C=O) groups is 1. The lowest BCUT2D eigenvalue weighted by molar-refractivity contribution is 0.0762. The second-order valence-electron chi connectivity index (χ2n) is 5.78. The molecule has 20 heavy (non-hydrogen) atoms. The molecule has 0 saturated carbocycles. The fraction of sp³-hybridized carbons (Fsp3) is 0.500. The van der Waals surface area contributed by atoms with E-state index in [1.807, 2.05) is 6.07 Å². The van der Waals surface area contributed by atoms with E-state index in [2.05, 4.69) is 10.0 Å². The summed E-state index contributed by atoms with van der Waals surface area (Å²) in [6, 6.07) is 5.28. The van der Waals surface area contributed by atoms with Gasteiger partial charge in [-0.3, -0.25) is 9.52 Å². The van der Waals surface area contributed by atoms with Crippen molar-refractivity contribution in [2.45, 2.75) is 19.3 Å². The Kier molecular flexibility index (Phi) is 3.10. The minimum atomic E-state index is -3.32. The first kappa shape index (κ1) is 13.6. The molecule has 1 heterocycles. The maximum Gasteiger partial charge on any atom is 0.229 e. The highest BCUT2D eigenvalue weighted by molar-refractivity contribution is 7.92. The van der Waals surface area contributed by atoms with Crippen LogP contribution in [0.3, 0.4) is 0 Å². The first-order valence-electron chi connectivity index (χ1n) is 6.76. The van der Waals surface area contributed by atoms with Gasteiger partial charge in [0.25, 0.3) is 0 Å². The molecule has 2 N–H and O–H groups in total. The zero-order chi connectivity index (χ0) is 14.4. The van der Waals surface area contributed by atoms with Gasteiger partial charge in [0.2, 0.25) is 10.0 Å². The van der Waals surface area contributed by atoms with E-state index in [1.165, 1.54) is 0 Å². The lowest BCUT2D eigenvalue weighted by atomic mass is 9.75. The average molecular weight is 294 g/mol. The second kappa shape index (κ2) is 4.56. The molecule has 0 aromatic heterocycles. The highest BCUT2D eigenvalue weighted by Gasteiger charge is 2.45. The Hall–Kier alpha value is -1.40. The molecular weight excluding hydrogens is 276 g/mol. The highest BCUT2D eigenvalue weighted by atomic mass is 32.2. The predicted octanol–water partition coefficient (Wildman–Crippen LogP) is 1.17. The molecule has 1 spiro atoms. The minimum Gasteiger partial charge on any atom is -0.317 e. The van der Waals surface area contributed by atoms with Gasteiger partial charge in [-0.25, -0.2) is 8.42 Å². The normalized spacial score (nSPS) is 20.9. The molecule has 1 aromatic rings. The monoisotopic (exact) mass is 294 g/mol. The van der Waals surface area contributed by atoms with Gasteiger partial charge in [-0.2, -0.15) is 0 Å². The smallest absolute Gasteiger partial charge is 0.229 e. The third-order valence-corrected chi connectivity index (χ3v) is 4.84. The average Bonchev–Trinajstić information content (AvgIpc) is 2.63.